The lowest BCUT2D eigenvalue weighted by atomic mass is 9.92. The van der Waals surface area contributed by atoms with Crippen molar-refractivity contribution in [1.29, 1.82) is 0 Å². The van der Waals surface area contributed by atoms with Crippen molar-refractivity contribution in [1.82, 2.24) is 5.32 Å². The van der Waals surface area contributed by atoms with Crippen LogP contribution in [-0.4, -0.2) is 27.8 Å². The Labute approximate surface area is 122 Å². The van der Waals surface area contributed by atoms with Gasteiger partial charge in [-0.2, -0.15) is 4.99 Å². The molecule has 6 heteroatoms. The Morgan fingerprint density at radius 1 is 1.40 bits per heavy atom. The van der Waals surface area contributed by atoms with Crippen LogP contribution in [0.25, 0.3) is 0 Å². The summed E-state index contributed by atoms with van der Waals surface area (Å²) in [6, 6.07) is 0.0492. The molecule has 3 nitrogen and oxygen atoms in total. The van der Waals surface area contributed by atoms with Crippen LogP contribution in [0.4, 0.5) is 8.78 Å². The topological polar surface area (TPSA) is 41.5 Å². The van der Waals surface area contributed by atoms with Crippen LogP contribution in [-0.2, 0) is 4.79 Å². The number of halogens is 2. The minimum Gasteiger partial charge on any atom is -0.361 e. The number of amides is 1. The molecule has 20 heavy (non-hydrogen) atoms. The zero-order valence-electron chi connectivity index (χ0n) is 12.0. The highest BCUT2D eigenvalue weighted by molar-refractivity contribution is 8.16. The minimum absolute atomic E-state index is 0.0132. The lowest BCUT2D eigenvalue weighted by Crippen LogP contribution is -2.41. The van der Waals surface area contributed by atoms with Crippen LogP contribution < -0.4 is 5.32 Å². The largest absolute Gasteiger partial charge is 0.361 e. The standard InChI is InChI=1S/C14H20F2N2OS/c1-7(2)13(3)11(19)18-12(20-13)17-10-5-9-4-8(10)6-14(9,15)16/h7-10H,4-6H2,1-3H3,(H,17,18,19)/t8-,9+,10+,13-/m1/s1. The highest BCUT2D eigenvalue weighted by Crippen LogP contribution is 2.54. The molecular weight excluding hydrogens is 282 g/mol. The van der Waals surface area contributed by atoms with Gasteiger partial charge in [0.2, 0.25) is 0 Å². The summed E-state index contributed by atoms with van der Waals surface area (Å²) < 4.78 is 26.5. The van der Waals surface area contributed by atoms with Crippen LogP contribution in [0.3, 0.4) is 0 Å². The van der Waals surface area contributed by atoms with Gasteiger partial charge in [-0.05, 0) is 31.6 Å². The molecule has 0 aromatic carbocycles. The maximum Gasteiger partial charge on any atom is 0.264 e. The van der Waals surface area contributed by atoms with Crippen LogP contribution in [0, 0.1) is 17.8 Å². The van der Waals surface area contributed by atoms with Gasteiger partial charge < -0.3 is 5.32 Å². The molecule has 2 fully saturated rings. The molecule has 0 aromatic heterocycles. The molecule has 1 heterocycles. The van der Waals surface area contributed by atoms with Crippen molar-refractivity contribution in [3.63, 3.8) is 0 Å². The SMILES string of the molecule is CC(C)[C@@]1(C)SC(N[C@H]2C[C@@H]3C[C@@H]2CC3(F)F)=NC1=O. The maximum absolute atomic E-state index is 13.5. The van der Waals surface area contributed by atoms with E-state index < -0.39 is 16.6 Å². The fourth-order valence-corrected chi connectivity index (χ4v) is 4.55. The van der Waals surface area contributed by atoms with Gasteiger partial charge in [0.15, 0.2) is 5.17 Å². The van der Waals surface area contributed by atoms with E-state index >= 15 is 0 Å². The van der Waals surface area contributed by atoms with E-state index in [1.807, 2.05) is 20.8 Å². The molecule has 0 aromatic rings. The second-order valence-electron chi connectivity index (χ2n) is 6.73. The fraction of sp³-hybridized carbons (Fsp3) is 0.857. The molecule has 1 aliphatic heterocycles. The number of hydrogen-bond donors (Lipinski definition) is 1. The Kier molecular flexibility index (Phi) is 3.16. The first-order valence-corrected chi connectivity index (χ1v) is 8.00. The summed E-state index contributed by atoms with van der Waals surface area (Å²) in [6.45, 7) is 5.90. The molecule has 0 saturated heterocycles. The number of amidine groups is 1. The Hall–Kier alpha value is -0.650. The summed E-state index contributed by atoms with van der Waals surface area (Å²) in [4.78, 5) is 16.1. The molecule has 112 valence electrons. The lowest BCUT2D eigenvalue weighted by molar-refractivity contribution is -0.120. The van der Waals surface area contributed by atoms with Crippen molar-refractivity contribution >= 4 is 22.8 Å². The Morgan fingerprint density at radius 3 is 2.55 bits per heavy atom. The van der Waals surface area contributed by atoms with Crippen molar-refractivity contribution in [3.8, 4) is 0 Å². The third-order valence-electron chi connectivity index (χ3n) is 5.17. The number of alkyl halides is 2. The molecule has 0 radical (unpaired) electrons. The monoisotopic (exact) mass is 302 g/mol. The predicted molar refractivity (Wildman–Crippen MR) is 76.0 cm³/mol. The molecule has 2 bridgehead atoms. The quantitative estimate of drug-likeness (QED) is 0.852. The van der Waals surface area contributed by atoms with Gasteiger partial charge in [-0.15, -0.1) is 0 Å². The summed E-state index contributed by atoms with van der Waals surface area (Å²) in [5.74, 6) is -2.90. The molecule has 1 amide bonds. The average molecular weight is 302 g/mol. The van der Waals surface area contributed by atoms with E-state index in [2.05, 4.69) is 10.3 Å². The van der Waals surface area contributed by atoms with Crippen LogP contribution in [0.1, 0.15) is 40.0 Å². The van der Waals surface area contributed by atoms with Crippen molar-refractivity contribution in [3.05, 3.63) is 0 Å². The van der Waals surface area contributed by atoms with Gasteiger partial charge >= 0.3 is 0 Å². The lowest BCUT2D eigenvalue weighted by Gasteiger charge is -2.29. The molecule has 3 aliphatic rings. The molecule has 2 saturated carbocycles. The predicted octanol–water partition coefficient (Wildman–Crippen LogP) is 3.05. The van der Waals surface area contributed by atoms with Gasteiger partial charge in [0, 0.05) is 18.4 Å². The molecule has 0 spiro atoms. The number of carbonyl (C=O) groups excluding carboxylic acids is 1. The minimum atomic E-state index is -2.49. The van der Waals surface area contributed by atoms with Crippen molar-refractivity contribution in [2.75, 3.05) is 0 Å². The zero-order chi connectivity index (χ0) is 14.7. The van der Waals surface area contributed by atoms with Crippen LogP contribution in [0.5, 0.6) is 0 Å². The number of thioether (sulfide) groups is 1. The van der Waals surface area contributed by atoms with E-state index in [1.165, 1.54) is 11.8 Å². The third kappa shape index (κ3) is 2.07. The number of nitrogens with one attached hydrogen (secondary N) is 1. The number of rotatable bonds is 2. The van der Waals surface area contributed by atoms with Gasteiger partial charge in [-0.3, -0.25) is 4.79 Å². The molecule has 1 N–H and O–H groups in total. The van der Waals surface area contributed by atoms with E-state index in [-0.39, 0.29) is 30.2 Å². The molecular formula is C14H20F2N2OS. The first kappa shape index (κ1) is 14.3. The molecule has 0 unspecified atom stereocenters. The summed E-state index contributed by atoms with van der Waals surface area (Å²) in [5.41, 5.74) is 0. The first-order valence-electron chi connectivity index (χ1n) is 7.19. The van der Waals surface area contributed by atoms with Gasteiger partial charge in [0.25, 0.3) is 11.8 Å². The Balaban J connectivity index is 1.65. The first-order chi connectivity index (χ1) is 9.22. The van der Waals surface area contributed by atoms with E-state index in [0.29, 0.717) is 18.0 Å². The van der Waals surface area contributed by atoms with Crippen LogP contribution >= 0.6 is 11.8 Å². The summed E-state index contributed by atoms with van der Waals surface area (Å²) in [5, 5.41) is 3.86. The summed E-state index contributed by atoms with van der Waals surface area (Å²) in [6.07, 6.45) is 1.06. The van der Waals surface area contributed by atoms with Crippen molar-refractivity contribution in [2.45, 2.75) is 56.7 Å². The van der Waals surface area contributed by atoms with E-state index in [4.69, 9.17) is 0 Å². The smallest absolute Gasteiger partial charge is 0.264 e. The highest BCUT2D eigenvalue weighted by Gasteiger charge is 2.57. The second kappa shape index (κ2) is 4.42. The number of fused-ring (bicyclic) bond motifs is 2. The van der Waals surface area contributed by atoms with E-state index in [1.54, 1.807) is 0 Å². The zero-order valence-corrected chi connectivity index (χ0v) is 12.8. The van der Waals surface area contributed by atoms with Gasteiger partial charge in [-0.1, -0.05) is 25.6 Å². The normalized spacial score (nSPS) is 42.4. The van der Waals surface area contributed by atoms with Crippen molar-refractivity contribution < 1.29 is 13.6 Å². The number of carbonyl (C=O) groups is 1. The van der Waals surface area contributed by atoms with Crippen LogP contribution in [0.2, 0.25) is 0 Å². The maximum atomic E-state index is 13.5. The number of nitrogens with zero attached hydrogens (tertiary/aromatic N) is 1. The fourth-order valence-electron chi connectivity index (χ4n) is 3.44. The molecule has 4 atom stereocenters. The van der Waals surface area contributed by atoms with Crippen molar-refractivity contribution in [2.24, 2.45) is 22.7 Å². The summed E-state index contributed by atoms with van der Waals surface area (Å²) in [7, 11) is 0. The average Bonchev–Trinajstić information content (AvgIpc) is 2.91. The van der Waals surface area contributed by atoms with E-state index in [9.17, 15) is 13.6 Å². The van der Waals surface area contributed by atoms with Gasteiger partial charge in [-0.25, -0.2) is 8.78 Å². The Bertz CT molecular complexity index is 480. The highest BCUT2D eigenvalue weighted by atomic mass is 32.2. The second-order valence-corrected chi connectivity index (χ2v) is 8.17. The molecule has 3 rings (SSSR count). The molecule has 2 aliphatic carbocycles. The Morgan fingerprint density at radius 2 is 2.10 bits per heavy atom. The van der Waals surface area contributed by atoms with Gasteiger partial charge in [0.05, 0.1) is 0 Å². The number of hydrogen-bond acceptors (Lipinski definition) is 3. The number of aliphatic imine (C=N–C) groups is 1. The van der Waals surface area contributed by atoms with Crippen LogP contribution in [0.15, 0.2) is 4.99 Å². The van der Waals surface area contributed by atoms with Gasteiger partial charge in [0.1, 0.15) is 4.75 Å². The third-order valence-corrected chi connectivity index (χ3v) is 6.65. The van der Waals surface area contributed by atoms with E-state index in [0.717, 1.165) is 0 Å². The summed E-state index contributed by atoms with van der Waals surface area (Å²) >= 11 is 1.45.